The van der Waals surface area contributed by atoms with Gasteiger partial charge in [-0.15, -0.1) is 0 Å². The smallest absolute Gasteiger partial charge is 0.227 e. The molecule has 1 heterocycles. The van der Waals surface area contributed by atoms with E-state index in [0.29, 0.717) is 18.0 Å². The minimum atomic E-state index is 0.0683. The van der Waals surface area contributed by atoms with Crippen LogP contribution < -0.4 is 0 Å². The van der Waals surface area contributed by atoms with Crippen molar-refractivity contribution in [3.63, 3.8) is 0 Å². The van der Waals surface area contributed by atoms with Crippen LogP contribution in [-0.2, 0) is 17.8 Å². The van der Waals surface area contributed by atoms with Gasteiger partial charge in [0, 0.05) is 29.9 Å². The number of rotatable bonds is 5. The molecular weight excluding hydrogens is 346 g/mol. The van der Waals surface area contributed by atoms with Gasteiger partial charge in [-0.3, -0.25) is 4.79 Å². The first-order chi connectivity index (χ1) is 12.5. The van der Waals surface area contributed by atoms with E-state index in [1.165, 1.54) is 0 Å². The van der Waals surface area contributed by atoms with E-state index < -0.39 is 0 Å². The molecule has 0 spiro atoms. The molecule has 0 aliphatic rings. The number of hydrogen-bond donors (Lipinski definition) is 0. The molecule has 0 bridgehead atoms. The van der Waals surface area contributed by atoms with E-state index in [0.717, 1.165) is 28.2 Å². The summed E-state index contributed by atoms with van der Waals surface area (Å²) in [6.07, 6.45) is 0.342. The maximum absolute atomic E-state index is 12.7. The first-order valence-electron chi connectivity index (χ1n) is 8.54. The van der Waals surface area contributed by atoms with Gasteiger partial charge in [0.15, 0.2) is 0 Å². The van der Waals surface area contributed by atoms with Crippen LogP contribution in [0.3, 0.4) is 0 Å². The Bertz CT molecular complexity index is 901. The number of hydrogen-bond acceptors (Lipinski definition) is 2. The van der Waals surface area contributed by atoms with E-state index in [-0.39, 0.29) is 5.91 Å². The third-order valence-electron chi connectivity index (χ3n) is 4.53. The van der Waals surface area contributed by atoms with Gasteiger partial charge in [-0.2, -0.15) is 5.10 Å². The van der Waals surface area contributed by atoms with Crippen molar-refractivity contribution >= 4 is 17.5 Å². The van der Waals surface area contributed by atoms with Gasteiger partial charge in [0.25, 0.3) is 0 Å². The van der Waals surface area contributed by atoms with Gasteiger partial charge < -0.3 is 4.90 Å². The van der Waals surface area contributed by atoms with Crippen LogP contribution in [0.1, 0.15) is 22.5 Å². The number of carbonyl (C=O) groups is 1. The van der Waals surface area contributed by atoms with Crippen LogP contribution in [0.4, 0.5) is 0 Å². The minimum absolute atomic E-state index is 0.0683. The van der Waals surface area contributed by atoms with Crippen molar-refractivity contribution in [3.05, 3.63) is 82.1 Å². The lowest BCUT2D eigenvalue weighted by Crippen LogP contribution is -2.28. The van der Waals surface area contributed by atoms with Gasteiger partial charge in [-0.05, 0) is 43.7 Å². The molecule has 3 rings (SSSR count). The average Bonchev–Trinajstić information content (AvgIpc) is 2.92. The molecule has 26 heavy (non-hydrogen) atoms. The first-order valence-corrected chi connectivity index (χ1v) is 8.92. The van der Waals surface area contributed by atoms with Crippen LogP contribution in [0.2, 0.25) is 5.02 Å². The molecule has 0 saturated carbocycles. The zero-order valence-electron chi connectivity index (χ0n) is 15.2. The topological polar surface area (TPSA) is 38.1 Å². The minimum Gasteiger partial charge on any atom is -0.341 e. The van der Waals surface area contributed by atoms with Gasteiger partial charge in [-0.1, -0.05) is 41.9 Å². The van der Waals surface area contributed by atoms with E-state index in [9.17, 15) is 4.79 Å². The monoisotopic (exact) mass is 367 g/mol. The van der Waals surface area contributed by atoms with E-state index in [1.807, 2.05) is 80.2 Å². The molecule has 0 atom stereocenters. The van der Waals surface area contributed by atoms with Crippen molar-refractivity contribution in [2.75, 3.05) is 7.05 Å². The van der Waals surface area contributed by atoms with Crippen LogP contribution in [0, 0.1) is 13.8 Å². The molecule has 3 aromatic rings. The van der Waals surface area contributed by atoms with Gasteiger partial charge in [0.05, 0.1) is 17.8 Å². The lowest BCUT2D eigenvalue weighted by atomic mass is 10.1. The van der Waals surface area contributed by atoms with E-state index in [1.54, 1.807) is 4.90 Å². The molecule has 5 heteroatoms. The van der Waals surface area contributed by atoms with Gasteiger partial charge in [-0.25, -0.2) is 4.68 Å². The quantitative estimate of drug-likeness (QED) is 0.672. The fraction of sp³-hybridized carbons (Fsp3) is 0.238. The number of carbonyl (C=O) groups excluding carboxylic acids is 1. The molecule has 1 aromatic heterocycles. The Labute approximate surface area is 159 Å². The number of aromatic nitrogens is 2. The second-order valence-electron chi connectivity index (χ2n) is 6.45. The Morgan fingerprint density at radius 2 is 1.73 bits per heavy atom. The van der Waals surface area contributed by atoms with Gasteiger partial charge in [0.1, 0.15) is 0 Å². The predicted molar refractivity (Wildman–Crippen MR) is 105 cm³/mol. The van der Waals surface area contributed by atoms with Crippen LogP contribution in [0.15, 0.2) is 54.6 Å². The fourth-order valence-electron chi connectivity index (χ4n) is 2.99. The second-order valence-corrected chi connectivity index (χ2v) is 6.89. The number of amides is 1. The van der Waals surface area contributed by atoms with Gasteiger partial charge >= 0.3 is 0 Å². The van der Waals surface area contributed by atoms with E-state index in [4.69, 9.17) is 11.6 Å². The molecule has 134 valence electrons. The Morgan fingerprint density at radius 1 is 1.08 bits per heavy atom. The molecule has 0 radical (unpaired) electrons. The highest BCUT2D eigenvalue weighted by molar-refractivity contribution is 6.30. The van der Waals surface area contributed by atoms with Crippen molar-refractivity contribution < 1.29 is 4.79 Å². The number of para-hydroxylation sites is 1. The summed E-state index contributed by atoms with van der Waals surface area (Å²) in [6, 6.07) is 17.5. The van der Waals surface area contributed by atoms with Crippen molar-refractivity contribution in [2.24, 2.45) is 0 Å². The van der Waals surface area contributed by atoms with Gasteiger partial charge in [0.2, 0.25) is 5.91 Å². The highest BCUT2D eigenvalue weighted by atomic mass is 35.5. The maximum atomic E-state index is 12.7. The molecule has 0 aliphatic carbocycles. The molecule has 1 amide bonds. The Balaban J connectivity index is 1.75. The highest BCUT2D eigenvalue weighted by Crippen LogP contribution is 2.19. The van der Waals surface area contributed by atoms with Crippen molar-refractivity contribution in [3.8, 4) is 5.69 Å². The number of likely N-dealkylation sites (N-methyl/N-ethyl adjacent to an activating group) is 1. The summed E-state index contributed by atoms with van der Waals surface area (Å²) < 4.78 is 1.90. The molecule has 0 aliphatic heterocycles. The summed E-state index contributed by atoms with van der Waals surface area (Å²) in [5.74, 6) is 0.0683. The third-order valence-corrected chi connectivity index (χ3v) is 4.78. The van der Waals surface area contributed by atoms with Crippen LogP contribution in [-0.4, -0.2) is 27.6 Å². The number of benzene rings is 2. The summed E-state index contributed by atoms with van der Waals surface area (Å²) in [6.45, 7) is 4.52. The lowest BCUT2D eigenvalue weighted by Gasteiger charge is -2.17. The molecule has 0 N–H and O–H groups in total. The van der Waals surface area contributed by atoms with Crippen molar-refractivity contribution in [1.82, 2.24) is 14.7 Å². The highest BCUT2D eigenvalue weighted by Gasteiger charge is 2.18. The molecule has 2 aromatic carbocycles. The normalized spacial score (nSPS) is 10.8. The second kappa shape index (κ2) is 7.75. The summed E-state index contributed by atoms with van der Waals surface area (Å²) >= 11 is 5.92. The zero-order valence-corrected chi connectivity index (χ0v) is 16.0. The average molecular weight is 368 g/mol. The SMILES string of the molecule is Cc1nn(-c2ccccc2)c(C)c1CC(=O)N(C)Cc1ccc(Cl)cc1. The summed E-state index contributed by atoms with van der Waals surface area (Å²) in [5, 5.41) is 5.31. The number of nitrogens with zero attached hydrogens (tertiary/aromatic N) is 3. The number of halogens is 1. The Kier molecular flexibility index (Phi) is 5.43. The van der Waals surface area contributed by atoms with E-state index >= 15 is 0 Å². The Morgan fingerprint density at radius 3 is 2.38 bits per heavy atom. The largest absolute Gasteiger partial charge is 0.341 e. The summed E-state index contributed by atoms with van der Waals surface area (Å²) in [7, 11) is 1.82. The van der Waals surface area contributed by atoms with Crippen LogP contribution in [0.5, 0.6) is 0 Å². The number of aryl methyl sites for hydroxylation is 1. The maximum Gasteiger partial charge on any atom is 0.227 e. The summed E-state index contributed by atoms with van der Waals surface area (Å²) in [4.78, 5) is 14.4. The lowest BCUT2D eigenvalue weighted by molar-refractivity contribution is -0.129. The zero-order chi connectivity index (χ0) is 18.7. The predicted octanol–water partition coefficient (Wildman–Crippen LogP) is 4.34. The van der Waals surface area contributed by atoms with E-state index in [2.05, 4.69) is 5.10 Å². The first kappa shape index (κ1) is 18.2. The van der Waals surface area contributed by atoms with Crippen LogP contribution >= 0.6 is 11.6 Å². The molecule has 4 nitrogen and oxygen atoms in total. The Hall–Kier alpha value is -2.59. The molecular formula is C21H22ClN3O. The fourth-order valence-corrected chi connectivity index (χ4v) is 3.12. The third kappa shape index (κ3) is 3.97. The molecule has 0 fully saturated rings. The molecule has 0 unspecified atom stereocenters. The van der Waals surface area contributed by atoms with Crippen LogP contribution in [0.25, 0.3) is 5.69 Å². The van der Waals surface area contributed by atoms with Crippen molar-refractivity contribution in [2.45, 2.75) is 26.8 Å². The standard InChI is InChI=1S/C21H22ClN3O/c1-15-20(16(2)25(23-15)19-7-5-4-6-8-19)13-21(26)24(3)14-17-9-11-18(22)12-10-17/h4-12H,13-14H2,1-3H3. The van der Waals surface area contributed by atoms with Crippen molar-refractivity contribution in [1.29, 1.82) is 0 Å². The molecule has 0 saturated heterocycles. The summed E-state index contributed by atoms with van der Waals surface area (Å²) in [5.41, 5.74) is 4.93.